The minimum absolute atomic E-state index is 0.0908. The Balaban J connectivity index is 2.16. The topological polar surface area (TPSA) is 84.1 Å². The van der Waals surface area contributed by atoms with E-state index in [1.165, 1.54) is 11.3 Å². The molecule has 0 fully saturated rings. The van der Waals surface area contributed by atoms with Gasteiger partial charge in [-0.05, 0) is 43.3 Å². The Kier molecular flexibility index (Phi) is 5.15. The maximum atomic E-state index is 11.1. The zero-order chi connectivity index (χ0) is 16.3. The molecule has 2 aromatic heterocycles. The minimum atomic E-state index is -0.891. The van der Waals surface area contributed by atoms with Gasteiger partial charge >= 0.3 is 5.97 Å². The number of aromatic nitrogens is 4. The number of thiophene rings is 1. The highest BCUT2D eigenvalue weighted by Crippen LogP contribution is 2.23. The van der Waals surface area contributed by atoms with E-state index in [4.69, 9.17) is 16.7 Å². The summed E-state index contributed by atoms with van der Waals surface area (Å²) in [6.07, 6.45) is 0. The van der Waals surface area contributed by atoms with E-state index in [2.05, 4.69) is 15.5 Å². The molecular weight excluding hydrogens is 326 g/mol. The Bertz CT molecular complexity index is 649. The lowest BCUT2D eigenvalue weighted by Gasteiger charge is -2.23. The van der Waals surface area contributed by atoms with Crippen molar-refractivity contribution in [2.45, 2.75) is 39.4 Å². The molecule has 1 N–H and O–H groups in total. The summed E-state index contributed by atoms with van der Waals surface area (Å²) in [5, 5.41) is 20.8. The summed E-state index contributed by atoms with van der Waals surface area (Å²) in [6.45, 7) is 6.73. The van der Waals surface area contributed by atoms with Gasteiger partial charge in [0.25, 0.3) is 0 Å². The molecule has 0 aliphatic rings. The highest BCUT2D eigenvalue weighted by Gasteiger charge is 2.22. The van der Waals surface area contributed by atoms with Crippen molar-refractivity contribution < 1.29 is 9.90 Å². The fraction of sp³-hybridized carbons (Fsp3) is 0.538. The van der Waals surface area contributed by atoms with Crippen molar-refractivity contribution in [3.8, 4) is 0 Å². The van der Waals surface area contributed by atoms with Crippen LogP contribution in [0.1, 0.15) is 31.5 Å². The van der Waals surface area contributed by atoms with Crippen LogP contribution in [0.2, 0.25) is 4.34 Å². The lowest BCUT2D eigenvalue weighted by atomic mass is 10.1. The molecule has 0 aromatic carbocycles. The molecule has 9 heteroatoms. The van der Waals surface area contributed by atoms with Crippen LogP contribution >= 0.6 is 22.9 Å². The van der Waals surface area contributed by atoms with Crippen LogP contribution in [-0.4, -0.2) is 42.7 Å². The van der Waals surface area contributed by atoms with E-state index in [-0.39, 0.29) is 12.1 Å². The molecule has 2 heterocycles. The third-order valence-electron chi connectivity index (χ3n) is 2.90. The van der Waals surface area contributed by atoms with E-state index >= 15 is 0 Å². The predicted molar refractivity (Wildman–Crippen MR) is 83.9 cm³/mol. The van der Waals surface area contributed by atoms with Crippen LogP contribution in [0, 0.1) is 0 Å². The van der Waals surface area contributed by atoms with Crippen molar-refractivity contribution >= 4 is 28.9 Å². The number of halogens is 1. The van der Waals surface area contributed by atoms with E-state index < -0.39 is 5.97 Å². The summed E-state index contributed by atoms with van der Waals surface area (Å²) in [5.41, 5.74) is -0.264. The summed E-state index contributed by atoms with van der Waals surface area (Å²) in [6, 6.07) is 3.70. The standard InChI is InChI=1S/C13H18ClN5O2S/c1-13(2,3)19-11(15-16-17-19)7-18(8-12(20)21)6-9-4-5-10(14)22-9/h4-5H,6-8H2,1-3H3,(H,20,21). The number of hydrogen-bond donors (Lipinski definition) is 1. The molecule has 22 heavy (non-hydrogen) atoms. The smallest absolute Gasteiger partial charge is 0.317 e. The number of carbonyl (C=O) groups is 1. The van der Waals surface area contributed by atoms with Crippen LogP contribution in [0.3, 0.4) is 0 Å². The molecule has 2 aromatic rings. The molecule has 2 rings (SSSR count). The normalized spacial score (nSPS) is 12.0. The van der Waals surface area contributed by atoms with Gasteiger partial charge in [0, 0.05) is 11.4 Å². The number of rotatable bonds is 6. The summed E-state index contributed by atoms with van der Waals surface area (Å²) >= 11 is 7.36. The summed E-state index contributed by atoms with van der Waals surface area (Å²) in [7, 11) is 0. The Labute approximate surface area is 137 Å². The average Bonchev–Trinajstić information content (AvgIpc) is 2.97. The maximum Gasteiger partial charge on any atom is 0.317 e. The van der Waals surface area contributed by atoms with Gasteiger partial charge in [0.15, 0.2) is 5.82 Å². The first kappa shape index (κ1) is 16.9. The first-order valence-corrected chi connectivity index (χ1v) is 7.91. The fourth-order valence-corrected chi connectivity index (χ4v) is 3.17. The number of nitrogens with zero attached hydrogens (tertiary/aromatic N) is 5. The summed E-state index contributed by atoms with van der Waals surface area (Å²) < 4.78 is 2.40. The van der Waals surface area contributed by atoms with Crippen molar-refractivity contribution in [3.63, 3.8) is 0 Å². The van der Waals surface area contributed by atoms with Gasteiger partial charge in [0.2, 0.25) is 0 Å². The molecule has 0 saturated carbocycles. The van der Waals surface area contributed by atoms with Crippen LogP contribution in [0.25, 0.3) is 0 Å². The number of hydrogen-bond acceptors (Lipinski definition) is 6. The van der Waals surface area contributed by atoms with Crippen molar-refractivity contribution in [3.05, 3.63) is 27.2 Å². The molecule has 0 unspecified atom stereocenters. The Hall–Kier alpha value is -1.51. The summed E-state index contributed by atoms with van der Waals surface area (Å²) in [4.78, 5) is 13.9. The zero-order valence-electron chi connectivity index (χ0n) is 12.7. The lowest BCUT2D eigenvalue weighted by molar-refractivity contribution is -0.138. The van der Waals surface area contributed by atoms with Gasteiger partial charge in [-0.1, -0.05) is 11.6 Å². The van der Waals surface area contributed by atoms with Crippen molar-refractivity contribution in [2.75, 3.05) is 6.54 Å². The highest BCUT2D eigenvalue weighted by molar-refractivity contribution is 7.16. The molecule has 0 bridgehead atoms. The van der Waals surface area contributed by atoms with Crippen molar-refractivity contribution in [1.82, 2.24) is 25.1 Å². The van der Waals surface area contributed by atoms with Crippen LogP contribution in [0.15, 0.2) is 12.1 Å². The molecule has 0 amide bonds. The number of carboxylic acids is 1. The van der Waals surface area contributed by atoms with Crippen molar-refractivity contribution in [2.24, 2.45) is 0 Å². The molecule has 120 valence electrons. The molecule has 0 atom stereocenters. The van der Waals surface area contributed by atoms with E-state index in [0.717, 1.165) is 4.88 Å². The Morgan fingerprint density at radius 3 is 2.68 bits per heavy atom. The van der Waals surface area contributed by atoms with Crippen LogP contribution in [-0.2, 0) is 23.4 Å². The summed E-state index contributed by atoms with van der Waals surface area (Å²) in [5.74, 6) is -0.256. The van der Waals surface area contributed by atoms with E-state index in [0.29, 0.717) is 23.3 Å². The van der Waals surface area contributed by atoms with Gasteiger partial charge in [-0.3, -0.25) is 9.69 Å². The van der Waals surface area contributed by atoms with E-state index in [9.17, 15) is 4.79 Å². The lowest BCUT2D eigenvalue weighted by Crippen LogP contribution is -2.33. The maximum absolute atomic E-state index is 11.1. The second-order valence-corrected chi connectivity index (χ2v) is 7.72. The second kappa shape index (κ2) is 6.72. The van der Waals surface area contributed by atoms with Crippen LogP contribution in [0.4, 0.5) is 0 Å². The van der Waals surface area contributed by atoms with Gasteiger partial charge in [0.05, 0.1) is 23.0 Å². The van der Waals surface area contributed by atoms with Crippen LogP contribution < -0.4 is 0 Å². The molecule has 0 spiro atoms. The minimum Gasteiger partial charge on any atom is -0.480 e. The van der Waals surface area contributed by atoms with E-state index in [1.807, 2.05) is 26.8 Å². The molecule has 0 saturated heterocycles. The van der Waals surface area contributed by atoms with Gasteiger partial charge < -0.3 is 5.11 Å². The molecular formula is C13H18ClN5O2S. The monoisotopic (exact) mass is 343 g/mol. The zero-order valence-corrected chi connectivity index (χ0v) is 14.2. The quantitative estimate of drug-likeness (QED) is 0.865. The van der Waals surface area contributed by atoms with Crippen molar-refractivity contribution in [1.29, 1.82) is 0 Å². The van der Waals surface area contributed by atoms with Crippen LogP contribution in [0.5, 0.6) is 0 Å². The SMILES string of the molecule is CC(C)(C)n1nnnc1CN(CC(=O)O)Cc1ccc(Cl)s1. The predicted octanol–water partition coefficient (Wildman–Crippen LogP) is 2.23. The van der Waals surface area contributed by atoms with Gasteiger partial charge in [-0.15, -0.1) is 16.4 Å². The first-order chi connectivity index (χ1) is 10.3. The van der Waals surface area contributed by atoms with Gasteiger partial charge in [-0.25, -0.2) is 4.68 Å². The first-order valence-electron chi connectivity index (χ1n) is 6.72. The number of tetrazole rings is 1. The molecule has 0 aliphatic heterocycles. The van der Waals surface area contributed by atoms with Gasteiger partial charge in [0.1, 0.15) is 0 Å². The Morgan fingerprint density at radius 1 is 1.41 bits per heavy atom. The third kappa shape index (κ3) is 4.49. The average molecular weight is 344 g/mol. The Morgan fingerprint density at radius 2 is 2.14 bits per heavy atom. The van der Waals surface area contributed by atoms with Gasteiger partial charge in [-0.2, -0.15) is 0 Å². The molecule has 0 aliphatic carbocycles. The largest absolute Gasteiger partial charge is 0.480 e. The number of aliphatic carboxylic acids is 1. The highest BCUT2D eigenvalue weighted by atomic mass is 35.5. The van der Waals surface area contributed by atoms with E-state index in [1.54, 1.807) is 15.6 Å². The number of carboxylic acid groups (broad SMARTS) is 1. The fourth-order valence-electron chi connectivity index (χ4n) is 2.04. The second-order valence-electron chi connectivity index (χ2n) is 5.92. The molecule has 0 radical (unpaired) electrons. The third-order valence-corrected chi connectivity index (χ3v) is 4.12. The molecule has 7 nitrogen and oxygen atoms in total.